The summed E-state index contributed by atoms with van der Waals surface area (Å²) in [5, 5.41) is 19.6. The van der Waals surface area contributed by atoms with Crippen LogP contribution in [0.3, 0.4) is 0 Å². The molecular formula is C46H46N6O2. The van der Waals surface area contributed by atoms with Crippen LogP contribution in [0.5, 0.6) is 0 Å². The average molecular weight is 715 g/mol. The number of aryl methyl sites for hydroxylation is 1. The van der Waals surface area contributed by atoms with E-state index in [9.17, 15) is 4.79 Å². The standard InChI is InChI=1S/C46H46N6O2/c1-4-7-32-51-42(19-5-2)43(45(53)54-6-3)41(48-51)33-34-28-30-35(31-29-34)39-26-17-18-27-40(39)44-47-50-52(49-44)46(36-20-11-8-12-21-36,37-22-13-9-14-23-37)38-24-15-10-16-25-38/h8-18,20-31H,4-7,19,32-33H2,1-3H3. The van der Waals surface area contributed by atoms with Crippen molar-refractivity contribution in [1.82, 2.24) is 30.0 Å². The van der Waals surface area contributed by atoms with Crippen LogP contribution in [0.1, 0.15) is 84.0 Å². The molecule has 7 aromatic rings. The molecule has 0 fully saturated rings. The van der Waals surface area contributed by atoms with E-state index in [2.05, 4.69) is 80.6 Å². The molecule has 0 unspecified atom stereocenters. The number of benzene rings is 5. The van der Waals surface area contributed by atoms with Crippen molar-refractivity contribution >= 4 is 5.97 Å². The summed E-state index contributed by atoms with van der Waals surface area (Å²) in [6.45, 7) is 7.26. The van der Waals surface area contributed by atoms with Gasteiger partial charge in [-0.2, -0.15) is 5.10 Å². The van der Waals surface area contributed by atoms with Gasteiger partial charge in [0.15, 0.2) is 5.54 Å². The highest BCUT2D eigenvalue weighted by Crippen LogP contribution is 2.40. The molecule has 7 rings (SSSR count). The second-order valence-corrected chi connectivity index (χ2v) is 13.4. The Morgan fingerprint density at radius 1 is 0.667 bits per heavy atom. The minimum absolute atomic E-state index is 0.291. The largest absolute Gasteiger partial charge is 0.462 e. The number of hydrogen-bond donors (Lipinski definition) is 0. The van der Waals surface area contributed by atoms with Crippen LogP contribution < -0.4 is 0 Å². The Hall–Kier alpha value is -6.15. The lowest BCUT2D eigenvalue weighted by atomic mass is 9.77. The van der Waals surface area contributed by atoms with Gasteiger partial charge in [-0.3, -0.25) is 4.68 Å². The zero-order valence-corrected chi connectivity index (χ0v) is 31.2. The Labute approximate surface area is 317 Å². The molecule has 8 heteroatoms. The van der Waals surface area contributed by atoms with E-state index in [0.29, 0.717) is 24.4 Å². The van der Waals surface area contributed by atoms with Gasteiger partial charge in [0.1, 0.15) is 5.56 Å². The van der Waals surface area contributed by atoms with Crippen LogP contribution in [0, 0.1) is 0 Å². The predicted octanol–water partition coefficient (Wildman–Crippen LogP) is 9.56. The third-order valence-electron chi connectivity index (χ3n) is 9.91. The monoisotopic (exact) mass is 714 g/mol. The van der Waals surface area contributed by atoms with Crippen LogP contribution in [0.4, 0.5) is 0 Å². The SMILES string of the molecule is CCCCn1nc(Cc2ccc(-c3ccccc3-c3nnn(C(c4ccccc4)(c4ccccc4)c4ccccc4)n3)cc2)c(C(=O)OCC)c1CCC. The summed E-state index contributed by atoms with van der Waals surface area (Å²) in [6, 6.07) is 47.7. The van der Waals surface area contributed by atoms with Gasteiger partial charge >= 0.3 is 5.97 Å². The van der Waals surface area contributed by atoms with E-state index in [4.69, 9.17) is 25.2 Å². The van der Waals surface area contributed by atoms with Gasteiger partial charge in [-0.05, 0) is 58.4 Å². The van der Waals surface area contributed by atoms with Crippen molar-refractivity contribution in [3.05, 3.63) is 179 Å². The minimum Gasteiger partial charge on any atom is -0.462 e. The highest BCUT2D eigenvalue weighted by molar-refractivity contribution is 5.92. The molecule has 0 aliphatic carbocycles. The maximum absolute atomic E-state index is 13.3. The predicted molar refractivity (Wildman–Crippen MR) is 213 cm³/mol. The maximum Gasteiger partial charge on any atom is 0.341 e. The van der Waals surface area contributed by atoms with Crippen LogP contribution >= 0.6 is 0 Å². The molecule has 54 heavy (non-hydrogen) atoms. The number of ether oxygens (including phenoxy) is 1. The molecule has 5 aromatic carbocycles. The van der Waals surface area contributed by atoms with Crippen LogP contribution in [-0.2, 0) is 29.7 Å². The van der Waals surface area contributed by atoms with Crippen molar-refractivity contribution in [2.75, 3.05) is 6.61 Å². The fourth-order valence-electron chi connectivity index (χ4n) is 7.37. The summed E-state index contributed by atoms with van der Waals surface area (Å²) in [4.78, 5) is 15.0. The van der Waals surface area contributed by atoms with E-state index in [1.165, 1.54) is 0 Å². The van der Waals surface area contributed by atoms with Crippen molar-refractivity contribution in [1.29, 1.82) is 0 Å². The third-order valence-corrected chi connectivity index (χ3v) is 9.91. The van der Waals surface area contributed by atoms with Gasteiger partial charge in [0.2, 0.25) is 5.82 Å². The van der Waals surface area contributed by atoms with Crippen molar-refractivity contribution in [3.63, 3.8) is 0 Å². The minimum atomic E-state index is -0.867. The Balaban J connectivity index is 1.26. The van der Waals surface area contributed by atoms with E-state index < -0.39 is 5.54 Å². The summed E-state index contributed by atoms with van der Waals surface area (Å²) >= 11 is 0. The third kappa shape index (κ3) is 7.12. The van der Waals surface area contributed by atoms with Crippen LogP contribution in [0.25, 0.3) is 22.5 Å². The van der Waals surface area contributed by atoms with Crippen LogP contribution in [-0.4, -0.2) is 42.6 Å². The topological polar surface area (TPSA) is 87.7 Å². The normalized spacial score (nSPS) is 11.5. The number of unbranched alkanes of at least 4 members (excludes halogenated alkanes) is 1. The number of rotatable bonds is 15. The lowest BCUT2D eigenvalue weighted by molar-refractivity contribution is 0.0523. The number of aromatic nitrogens is 6. The molecular weight excluding hydrogens is 669 g/mol. The second kappa shape index (κ2) is 16.7. The lowest BCUT2D eigenvalue weighted by Gasteiger charge is -2.34. The van der Waals surface area contributed by atoms with E-state index in [1.807, 2.05) is 84.4 Å². The number of tetrazole rings is 1. The molecule has 2 heterocycles. The van der Waals surface area contributed by atoms with E-state index >= 15 is 0 Å². The number of esters is 1. The molecule has 272 valence electrons. The number of carbonyl (C=O) groups excluding carboxylic acids is 1. The van der Waals surface area contributed by atoms with Crippen molar-refractivity contribution in [3.8, 4) is 22.5 Å². The van der Waals surface area contributed by atoms with Gasteiger partial charge in [0, 0.05) is 18.5 Å². The van der Waals surface area contributed by atoms with Gasteiger partial charge in [-0.1, -0.05) is 166 Å². The Morgan fingerprint density at radius 2 is 1.24 bits per heavy atom. The zero-order chi connectivity index (χ0) is 37.3. The van der Waals surface area contributed by atoms with E-state index in [0.717, 1.165) is 82.6 Å². The summed E-state index contributed by atoms with van der Waals surface area (Å²) in [5.41, 5.74) is 8.53. The smallest absolute Gasteiger partial charge is 0.341 e. The van der Waals surface area contributed by atoms with Crippen LogP contribution in [0.2, 0.25) is 0 Å². The Kier molecular flexibility index (Phi) is 11.2. The fourth-order valence-corrected chi connectivity index (χ4v) is 7.37. The zero-order valence-electron chi connectivity index (χ0n) is 31.2. The Bertz CT molecular complexity index is 2180. The first kappa shape index (κ1) is 36.2. The van der Waals surface area contributed by atoms with Gasteiger partial charge in [-0.15, -0.1) is 15.0 Å². The lowest BCUT2D eigenvalue weighted by Crippen LogP contribution is -2.39. The molecule has 0 aliphatic heterocycles. The van der Waals surface area contributed by atoms with Crippen LogP contribution in [0.15, 0.2) is 140 Å². The highest BCUT2D eigenvalue weighted by Gasteiger charge is 2.41. The molecule has 0 amide bonds. The van der Waals surface area contributed by atoms with Crippen molar-refractivity contribution < 1.29 is 9.53 Å². The average Bonchev–Trinajstić information content (AvgIpc) is 3.84. The second-order valence-electron chi connectivity index (χ2n) is 13.4. The van der Waals surface area contributed by atoms with Gasteiger partial charge in [0.25, 0.3) is 0 Å². The molecule has 0 saturated carbocycles. The summed E-state index contributed by atoms with van der Waals surface area (Å²) < 4.78 is 7.56. The van der Waals surface area contributed by atoms with E-state index in [-0.39, 0.29) is 5.97 Å². The number of nitrogens with zero attached hydrogens (tertiary/aromatic N) is 6. The summed E-state index contributed by atoms with van der Waals surface area (Å²) in [6.07, 6.45) is 4.29. The fraction of sp³-hybridized carbons (Fsp3) is 0.239. The van der Waals surface area contributed by atoms with Gasteiger partial charge in [-0.25, -0.2) is 4.79 Å². The Morgan fingerprint density at radius 3 is 1.80 bits per heavy atom. The summed E-state index contributed by atoms with van der Waals surface area (Å²) in [5.74, 6) is 0.239. The van der Waals surface area contributed by atoms with E-state index in [1.54, 1.807) is 4.80 Å². The molecule has 0 N–H and O–H groups in total. The van der Waals surface area contributed by atoms with Gasteiger partial charge in [0.05, 0.1) is 18.0 Å². The molecule has 0 aliphatic rings. The maximum atomic E-state index is 13.3. The quantitative estimate of drug-likeness (QED) is 0.0777. The highest BCUT2D eigenvalue weighted by atomic mass is 16.5. The molecule has 0 radical (unpaired) electrons. The molecule has 2 aromatic heterocycles. The number of hydrogen-bond acceptors (Lipinski definition) is 6. The molecule has 0 saturated heterocycles. The molecule has 8 nitrogen and oxygen atoms in total. The first-order chi connectivity index (χ1) is 26.6. The molecule has 0 bridgehead atoms. The van der Waals surface area contributed by atoms with Crippen molar-refractivity contribution in [2.24, 2.45) is 0 Å². The number of carbonyl (C=O) groups is 1. The van der Waals surface area contributed by atoms with Crippen molar-refractivity contribution in [2.45, 2.75) is 65.0 Å². The van der Waals surface area contributed by atoms with Gasteiger partial charge < -0.3 is 4.74 Å². The summed E-state index contributed by atoms with van der Waals surface area (Å²) in [7, 11) is 0. The first-order valence-corrected chi connectivity index (χ1v) is 19.0. The molecule has 0 atom stereocenters. The first-order valence-electron chi connectivity index (χ1n) is 19.0. The molecule has 0 spiro atoms.